The molecule has 0 bridgehead atoms. The maximum absolute atomic E-state index is 11.8. The quantitative estimate of drug-likeness (QED) is 0.749. The van der Waals surface area contributed by atoms with Crippen LogP contribution in [-0.4, -0.2) is 38.2 Å². The minimum Gasteiger partial charge on any atom is -0.481 e. The molecule has 6 nitrogen and oxygen atoms in total. The SMILES string of the molecule is CS(=O)(=O)c1ccccc1C(=O)NCCCC(=O)O. The molecule has 1 aromatic rings. The van der Waals surface area contributed by atoms with E-state index in [1.54, 1.807) is 6.07 Å². The number of carboxylic acid groups (broad SMARTS) is 1. The topological polar surface area (TPSA) is 101 Å². The van der Waals surface area contributed by atoms with E-state index in [0.29, 0.717) is 6.42 Å². The molecule has 0 saturated heterocycles. The normalized spacial score (nSPS) is 11.0. The van der Waals surface area contributed by atoms with E-state index in [2.05, 4.69) is 5.32 Å². The van der Waals surface area contributed by atoms with Crippen molar-refractivity contribution in [2.45, 2.75) is 17.7 Å². The van der Waals surface area contributed by atoms with E-state index in [-0.39, 0.29) is 23.4 Å². The molecule has 0 aliphatic rings. The number of sulfone groups is 1. The summed E-state index contributed by atoms with van der Waals surface area (Å²) < 4.78 is 23.0. The van der Waals surface area contributed by atoms with Gasteiger partial charge < -0.3 is 10.4 Å². The van der Waals surface area contributed by atoms with Crippen molar-refractivity contribution >= 4 is 21.7 Å². The molecule has 1 aromatic carbocycles. The lowest BCUT2D eigenvalue weighted by Gasteiger charge is -2.08. The zero-order valence-electron chi connectivity index (χ0n) is 10.4. The number of carbonyl (C=O) groups is 2. The first-order valence-electron chi connectivity index (χ1n) is 5.61. The highest BCUT2D eigenvalue weighted by Gasteiger charge is 2.17. The van der Waals surface area contributed by atoms with Crippen LogP contribution in [-0.2, 0) is 14.6 Å². The van der Waals surface area contributed by atoms with Gasteiger partial charge >= 0.3 is 5.97 Å². The number of nitrogens with one attached hydrogen (secondary N) is 1. The van der Waals surface area contributed by atoms with Crippen molar-refractivity contribution in [3.63, 3.8) is 0 Å². The lowest BCUT2D eigenvalue weighted by Crippen LogP contribution is -2.26. The van der Waals surface area contributed by atoms with Crippen molar-refractivity contribution in [3.05, 3.63) is 29.8 Å². The Balaban J connectivity index is 2.75. The third kappa shape index (κ3) is 4.70. The van der Waals surface area contributed by atoms with Gasteiger partial charge in [-0.3, -0.25) is 9.59 Å². The average molecular weight is 285 g/mol. The van der Waals surface area contributed by atoms with Crippen molar-refractivity contribution < 1.29 is 23.1 Å². The summed E-state index contributed by atoms with van der Waals surface area (Å²) >= 11 is 0. The van der Waals surface area contributed by atoms with Gasteiger partial charge in [0.25, 0.3) is 5.91 Å². The number of aliphatic carboxylic acids is 1. The van der Waals surface area contributed by atoms with Crippen molar-refractivity contribution in [1.82, 2.24) is 5.32 Å². The van der Waals surface area contributed by atoms with Crippen molar-refractivity contribution in [2.24, 2.45) is 0 Å². The number of rotatable bonds is 6. The maximum atomic E-state index is 11.8. The van der Waals surface area contributed by atoms with Gasteiger partial charge in [0.15, 0.2) is 9.84 Å². The Hall–Kier alpha value is -1.89. The smallest absolute Gasteiger partial charge is 0.303 e. The van der Waals surface area contributed by atoms with E-state index >= 15 is 0 Å². The molecule has 0 aromatic heterocycles. The lowest BCUT2D eigenvalue weighted by atomic mass is 10.2. The maximum Gasteiger partial charge on any atom is 0.303 e. The molecule has 0 spiro atoms. The standard InChI is InChI=1S/C12H15NO5S/c1-19(17,18)10-6-3-2-5-9(10)12(16)13-8-4-7-11(14)15/h2-3,5-6H,4,7-8H2,1H3,(H,13,16)(H,14,15). The molecule has 19 heavy (non-hydrogen) atoms. The second-order valence-corrected chi connectivity index (χ2v) is 6.01. The third-order valence-electron chi connectivity index (χ3n) is 2.38. The molecule has 0 heterocycles. The summed E-state index contributed by atoms with van der Waals surface area (Å²) in [6, 6.07) is 5.89. The fourth-order valence-electron chi connectivity index (χ4n) is 1.51. The van der Waals surface area contributed by atoms with Gasteiger partial charge in [0, 0.05) is 19.2 Å². The molecule has 104 valence electrons. The third-order valence-corrected chi connectivity index (χ3v) is 3.54. The highest BCUT2D eigenvalue weighted by Crippen LogP contribution is 2.14. The summed E-state index contributed by atoms with van der Waals surface area (Å²) in [7, 11) is -3.48. The van der Waals surface area contributed by atoms with Gasteiger partial charge in [-0.1, -0.05) is 12.1 Å². The van der Waals surface area contributed by atoms with Gasteiger partial charge in [-0.25, -0.2) is 8.42 Å². The Labute approximate surface area is 111 Å². The first-order valence-corrected chi connectivity index (χ1v) is 7.50. The molecule has 0 fully saturated rings. The second-order valence-electron chi connectivity index (χ2n) is 4.02. The van der Waals surface area contributed by atoms with Gasteiger partial charge in [-0.05, 0) is 18.6 Å². The molecule has 1 amide bonds. The molecular weight excluding hydrogens is 270 g/mol. The van der Waals surface area contributed by atoms with Crippen LogP contribution in [0.3, 0.4) is 0 Å². The summed E-state index contributed by atoms with van der Waals surface area (Å²) in [5.74, 6) is -1.46. The molecule has 0 saturated carbocycles. The number of hydrogen-bond acceptors (Lipinski definition) is 4. The Kier molecular flexibility index (Phi) is 5.05. The number of amides is 1. The van der Waals surface area contributed by atoms with Crippen molar-refractivity contribution in [1.29, 1.82) is 0 Å². The van der Waals surface area contributed by atoms with E-state index in [9.17, 15) is 18.0 Å². The molecular formula is C12H15NO5S. The predicted octanol–water partition coefficient (Wildman–Crippen LogP) is 0.685. The van der Waals surface area contributed by atoms with Gasteiger partial charge in [0.2, 0.25) is 0 Å². The van der Waals surface area contributed by atoms with Gasteiger partial charge in [-0.15, -0.1) is 0 Å². The van der Waals surface area contributed by atoms with Crippen LogP contribution in [0.25, 0.3) is 0 Å². The van der Waals surface area contributed by atoms with Crippen molar-refractivity contribution in [3.8, 4) is 0 Å². The molecule has 0 aliphatic carbocycles. The number of carboxylic acids is 1. The van der Waals surface area contributed by atoms with E-state index in [0.717, 1.165) is 6.26 Å². The van der Waals surface area contributed by atoms with Crippen molar-refractivity contribution in [2.75, 3.05) is 12.8 Å². The van der Waals surface area contributed by atoms with E-state index in [4.69, 9.17) is 5.11 Å². The molecule has 2 N–H and O–H groups in total. The molecule has 0 radical (unpaired) electrons. The summed E-state index contributed by atoms with van der Waals surface area (Å²) in [4.78, 5) is 22.1. The monoisotopic (exact) mass is 285 g/mol. The van der Waals surface area contributed by atoms with Crippen LogP contribution in [0.2, 0.25) is 0 Å². The fourth-order valence-corrected chi connectivity index (χ4v) is 2.40. The van der Waals surface area contributed by atoms with Crippen LogP contribution in [0.5, 0.6) is 0 Å². The van der Waals surface area contributed by atoms with Gasteiger partial charge in [0.05, 0.1) is 10.5 Å². The van der Waals surface area contributed by atoms with Crippen LogP contribution in [0.4, 0.5) is 0 Å². The number of hydrogen-bond donors (Lipinski definition) is 2. The van der Waals surface area contributed by atoms with Gasteiger partial charge in [0.1, 0.15) is 0 Å². The lowest BCUT2D eigenvalue weighted by molar-refractivity contribution is -0.137. The minimum absolute atomic E-state index is 0.0364. The largest absolute Gasteiger partial charge is 0.481 e. The molecule has 1 rings (SSSR count). The Bertz CT molecular complexity index is 580. The van der Waals surface area contributed by atoms with Crippen LogP contribution < -0.4 is 5.32 Å². The Morgan fingerprint density at radius 2 is 1.89 bits per heavy atom. The average Bonchev–Trinajstić information content (AvgIpc) is 2.33. The summed E-state index contributed by atoms with van der Waals surface area (Å²) in [6.45, 7) is 0.184. The Morgan fingerprint density at radius 3 is 2.47 bits per heavy atom. The highest BCUT2D eigenvalue weighted by atomic mass is 32.2. The fraction of sp³-hybridized carbons (Fsp3) is 0.333. The molecule has 0 unspecified atom stereocenters. The Morgan fingerprint density at radius 1 is 1.26 bits per heavy atom. The van der Waals surface area contributed by atoms with Crippen LogP contribution in [0, 0.1) is 0 Å². The molecule has 0 aliphatic heterocycles. The zero-order valence-corrected chi connectivity index (χ0v) is 11.2. The van der Waals surface area contributed by atoms with E-state index in [1.807, 2.05) is 0 Å². The molecule has 7 heteroatoms. The number of benzene rings is 1. The predicted molar refractivity (Wildman–Crippen MR) is 68.8 cm³/mol. The summed E-state index contributed by atoms with van der Waals surface area (Å²) in [5, 5.41) is 11.0. The number of carbonyl (C=O) groups excluding carboxylic acids is 1. The second kappa shape index (κ2) is 6.33. The minimum atomic E-state index is -3.48. The van der Waals surface area contributed by atoms with Crippen LogP contribution >= 0.6 is 0 Å². The highest BCUT2D eigenvalue weighted by molar-refractivity contribution is 7.90. The molecule has 0 atom stereocenters. The first kappa shape index (κ1) is 15.2. The summed E-state index contributed by atoms with van der Waals surface area (Å²) in [6.07, 6.45) is 1.28. The summed E-state index contributed by atoms with van der Waals surface area (Å²) in [5.41, 5.74) is 0.0697. The van der Waals surface area contributed by atoms with Gasteiger partial charge in [-0.2, -0.15) is 0 Å². The van der Waals surface area contributed by atoms with E-state index in [1.165, 1.54) is 18.2 Å². The van der Waals surface area contributed by atoms with Crippen LogP contribution in [0.1, 0.15) is 23.2 Å². The van der Waals surface area contributed by atoms with Crippen LogP contribution in [0.15, 0.2) is 29.2 Å². The van der Waals surface area contributed by atoms with E-state index < -0.39 is 21.7 Å². The first-order chi connectivity index (χ1) is 8.82. The zero-order chi connectivity index (χ0) is 14.5.